The van der Waals surface area contributed by atoms with Crippen molar-refractivity contribution in [1.29, 1.82) is 0 Å². The first-order valence-electron chi connectivity index (χ1n) is 5.73. The van der Waals surface area contributed by atoms with Crippen LogP contribution < -0.4 is 15.0 Å². The van der Waals surface area contributed by atoms with Gasteiger partial charge in [-0.25, -0.2) is 4.79 Å². The smallest absolute Gasteiger partial charge is 0.395 e. The molecule has 0 bridgehead atoms. The molecule has 2 rings (SSSR count). The van der Waals surface area contributed by atoms with Crippen molar-refractivity contribution in [3.05, 3.63) is 58.6 Å². The summed E-state index contributed by atoms with van der Waals surface area (Å²) in [5.41, 5.74) is 2.26. The first kappa shape index (κ1) is 14.3. The standard InChI is InChI=1S/C13H10N2O6/c16-13(20-11-5-1-9(14-17)2-6-11)21-12-7-3-10(4-8-12)15(18)19/h1-8,14,17H. The van der Waals surface area contributed by atoms with Gasteiger partial charge in [0.15, 0.2) is 0 Å². The van der Waals surface area contributed by atoms with E-state index in [9.17, 15) is 14.9 Å². The van der Waals surface area contributed by atoms with Crippen LogP contribution in [0.1, 0.15) is 0 Å². The van der Waals surface area contributed by atoms with Crippen molar-refractivity contribution < 1.29 is 24.4 Å². The molecule has 0 aromatic heterocycles. The Balaban J connectivity index is 1.95. The second-order valence-electron chi connectivity index (χ2n) is 3.84. The molecule has 0 aliphatic rings. The summed E-state index contributed by atoms with van der Waals surface area (Å²) in [6.45, 7) is 0. The number of ether oxygens (including phenoxy) is 2. The van der Waals surface area contributed by atoms with E-state index >= 15 is 0 Å². The van der Waals surface area contributed by atoms with Gasteiger partial charge in [-0.2, -0.15) is 0 Å². The lowest BCUT2D eigenvalue weighted by molar-refractivity contribution is -0.384. The molecule has 0 radical (unpaired) electrons. The zero-order valence-electron chi connectivity index (χ0n) is 10.6. The molecule has 0 fully saturated rings. The van der Waals surface area contributed by atoms with E-state index in [4.69, 9.17) is 14.7 Å². The molecule has 0 amide bonds. The zero-order valence-corrected chi connectivity index (χ0v) is 10.6. The third-order valence-electron chi connectivity index (χ3n) is 2.43. The van der Waals surface area contributed by atoms with Crippen molar-refractivity contribution in [1.82, 2.24) is 0 Å². The van der Waals surface area contributed by atoms with Crippen LogP contribution in [0.2, 0.25) is 0 Å². The molecule has 8 nitrogen and oxygen atoms in total. The van der Waals surface area contributed by atoms with Crippen LogP contribution in [0.3, 0.4) is 0 Å². The van der Waals surface area contributed by atoms with Gasteiger partial charge in [0.25, 0.3) is 5.69 Å². The predicted octanol–water partition coefficient (Wildman–Crippen LogP) is 2.97. The fourth-order valence-corrected chi connectivity index (χ4v) is 1.45. The SMILES string of the molecule is O=C(Oc1ccc(NO)cc1)Oc1ccc([N+](=O)[O-])cc1. The van der Waals surface area contributed by atoms with E-state index in [2.05, 4.69) is 0 Å². The molecule has 2 aromatic carbocycles. The van der Waals surface area contributed by atoms with Gasteiger partial charge in [0, 0.05) is 12.1 Å². The van der Waals surface area contributed by atoms with Gasteiger partial charge in [-0.3, -0.25) is 20.8 Å². The summed E-state index contributed by atoms with van der Waals surface area (Å²) in [6.07, 6.45) is -0.978. The number of carbonyl (C=O) groups is 1. The first-order chi connectivity index (χ1) is 10.1. The minimum absolute atomic E-state index is 0.109. The van der Waals surface area contributed by atoms with Crippen LogP contribution >= 0.6 is 0 Å². The summed E-state index contributed by atoms with van der Waals surface area (Å²) < 4.78 is 9.75. The number of nitro benzene ring substituents is 1. The van der Waals surface area contributed by atoms with Crippen LogP contribution in [0.4, 0.5) is 16.2 Å². The van der Waals surface area contributed by atoms with E-state index in [-0.39, 0.29) is 17.2 Å². The van der Waals surface area contributed by atoms with E-state index in [1.165, 1.54) is 48.5 Å². The van der Waals surface area contributed by atoms with Gasteiger partial charge >= 0.3 is 6.16 Å². The van der Waals surface area contributed by atoms with Crippen LogP contribution in [-0.2, 0) is 0 Å². The lowest BCUT2D eigenvalue weighted by Gasteiger charge is -2.06. The maximum atomic E-state index is 11.5. The van der Waals surface area contributed by atoms with Crippen molar-refractivity contribution in [2.45, 2.75) is 0 Å². The minimum Gasteiger partial charge on any atom is -0.395 e. The Hall–Kier alpha value is -3.13. The number of rotatable bonds is 4. The molecule has 2 aromatic rings. The second kappa shape index (κ2) is 6.35. The van der Waals surface area contributed by atoms with Gasteiger partial charge in [0.05, 0.1) is 10.6 Å². The normalized spacial score (nSPS) is 9.76. The summed E-state index contributed by atoms with van der Waals surface area (Å²) in [7, 11) is 0. The molecule has 0 aliphatic carbocycles. The molecule has 0 spiro atoms. The van der Waals surface area contributed by atoms with E-state index < -0.39 is 11.1 Å². The number of non-ortho nitro benzene ring substituents is 1. The number of nitrogens with one attached hydrogen (secondary N) is 1. The summed E-state index contributed by atoms with van der Waals surface area (Å²) in [5, 5.41) is 19.1. The number of nitrogens with zero attached hydrogens (tertiary/aromatic N) is 1. The largest absolute Gasteiger partial charge is 0.519 e. The highest BCUT2D eigenvalue weighted by molar-refractivity contribution is 5.67. The average molecular weight is 290 g/mol. The Morgan fingerprint density at radius 1 is 1.00 bits per heavy atom. The van der Waals surface area contributed by atoms with Gasteiger partial charge in [0.1, 0.15) is 11.5 Å². The van der Waals surface area contributed by atoms with Gasteiger partial charge in [-0.15, -0.1) is 0 Å². The molecular formula is C13H10N2O6. The monoisotopic (exact) mass is 290 g/mol. The highest BCUT2D eigenvalue weighted by Crippen LogP contribution is 2.19. The Morgan fingerprint density at radius 2 is 1.48 bits per heavy atom. The van der Waals surface area contributed by atoms with Crippen LogP contribution in [0, 0.1) is 10.1 Å². The topological polar surface area (TPSA) is 111 Å². The number of anilines is 1. The van der Waals surface area contributed by atoms with Gasteiger partial charge in [0.2, 0.25) is 0 Å². The number of hydrogen-bond donors (Lipinski definition) is 2. The van der Waals surface area contributed by atoms with E-state index in [1.807, 2.05) is 5.48 Å². The minimum atomic E-state index is -0.978. The van der Waals surface area contributed by atoms with Crippen LogP contribution in [-0.4, -0.2) is 16.3 Å². The molecule has 21 heavy (non-hydrogen) atoms. The predicted molar refractivity (Wildman–Crippen MR) is 71.6 cm³/mol. The highest BCUT2D eigenvalue weighted by Gasteiger charge is 2.10. The van der Waals surface area contributed by atoms with Gasteiger partial charge in [-0.05, 0) is 36.4 Å². The molecular weight excluding hydrogens is 280 g/mol. The molecule has 0 unspecified atom stereocenters. The molecule has 0 saturated heterocycles. The molecule has 8 heteroatoms. The number of benzene rings is 2. The lowest BCUT2D eigenvalue weighted by atomic mass is 10.3. The Kier molecular flexibility index (Phi) is 4.32. The van der Waals surface area contributed by atoms with Crippen molar-refractivity contribution >= 4 is 17.5 Å². The van der Waals surface area contributed by atoms with Crippen molar-refractivity contribution in [2.24, 2.45) is 0 Å². The maximum absolute atomic E-state index is 11.5. The van der Waals surface area contributed by atoms with Crippen molar-refractivity contribution in [3.8, 4) is 11.5 Å². The fraction of sp³-hybridized carbons (Fsp3) is 0. The third kappa shape index (κ3) is 3.91. The molecule has 0 aliphatic heterocycles. The van der Waals surface area contributed by atoms with E-state index in [1.54, 1.807) is 0 Å². The summed E-state index contributed by atoms with van der Waals surface area (Å²) in [4.78, 5) is 21.4. The maximum Gasteiger partial charge on any atom is 0.519 e. The summed E-state index contributed by atoms with van der Waals surface area (Å²) in [6, 6.07) is 10.9. The van der Waals surface area contributed by atoms with Crippen molar-refractivity contribution in [2.75, 3.05) is 5.48 Å². The molecule has 0 atom stereocenters. The second-order valence-corrected chi connectivity index (χ2v) is 3.84. The quantitative estimate of drug-likeness (QED) is 0.385. The Bertz CT molecular complexity index is 639. The zero-order chi connectivity index (χ0) is 15.2. The molecule has 2 N–H and O–H groups in total. The summed E-state index contributed by atoms with van der Waals surface area (Å²) in [5.74, 6) is 0.347. The fourth-order valence-electron chi connectivity index (χ4n) is 1.45. The van der Waals surface area contributed by atoms with E-state index in [0.717, 1.165) is 0 Å². The number of hydrogen-bond acceptors (Lipinski definition) is 7. The average Bonchev–Trinajstić information content (AvgIpc) is 2.48. The number of nitro groups is 1. The van der Waals surface area contributed by atoms with Gasteiger partial charge < -0.3 is 9.47 Å². The summed E-state index contributed by atoms with van der Waals surface area (Å²) >= 11 is 0. The third-order valence-corrected chi connectivity index (χ3v) is 2.43. The van der Waals surface area contributed by atoms with E-state index in [0.29, 0.717) is 5.69 Å². The molecule has 0 saturated carbocycles. The van der Waals surface area contributed by atoms with Crippen LogP contribution in [0.25, 0.3) is 0 Å². The molecule has 0 heterocycles. The first-order valence-corrected chi connectivity index (χ1v) is 5.73. The lowest BCUT2D eigenvalue weighted by Crippen LogP contribution is -2.13. The number of carbonyl (C=O) groups excluding carboxylic acids is 1. The van der Waals surface area contributed by atoms with Gasteiger partial charge in [-0.1, -0.05) is 0 Å². The Labute approximate surface area is 118 Å². The molecule has 108 valence electrons. The van der Waals surface area contributed by atoms with Crippen molar-refractivity contribution in [3.63, 3.8) is 0 Å². The van der Waals surface area contributed by atoms with Crippen LogP contribution in [0.5, 0.6) is 11.5 Å². The Morgan fingerprint density at radius 3 is 1.90 bits per heavy atom. The van der Waals surface area contributed by atoms with Crippen LogP contribution in [0.15, 0.2) is 48.5 Å². The highest BCUT2D eigenvalue weighted by atomic mass is 16.7.